The Morgan fingerprint density at radius 3 is 2.00 bits per heavy atom. The number of carboxylic acid groups (broad SMARTS) is 2. The number of anilines is 1. The Hall–Kier alpha value is -2.57. The van der Waals surface area contributed by atoms with Crippen LogP contribution in [0.15, 0.2) is 24.3 Å². The molecule has 1 rings (SSSR count). The van der Waals surface area contributed by atoms with Gasteiger partial charge in [-0.1, -0.05) is 0 Å². The highest BCUT2D eigenvalue weighted by Crippen LogP contribution is 2.16. The molecule has 21 heavy (non-hydrogen) atoms. The van der Waals surface area contributed by atoms with Crippen molar-refractivity contribution in [3.8, 4) is 0 Å². The van der Waals surface area contributed by atoms with E-state index in [9.17, 15) is 14.4 Å². The van der Waals surface area contributed by atoms with Gasteiger partial charge in [-0.05, 0) is 30.7 Å². The molecule has 0 aliphatic heterocycles. The molecule has 0 aliphatic carbocycles. The Labute approximate surface area is 122 Å². The van der Waals surface area contributed by atoms with Gasteiger partial charge < -0.3 is 20.8 Å². The quantitative estimate of drug-likeness (QED) is 0.623. The normalized spacial score (nSPS) is 10.1. The van der Waals surface area contributed by atoms with Crippen molar-refractivity contribution in [1.29, 1.82) is 0 Å². The van der Waals surface area contributed by atoms with Gasteiger partial charge in [-0.3, -0.25) is 14.4 Å². The van der Waals surface area contributed by atoms with Crippen LogP contribution in [0.25, 0.3) is 0 Å². The van der Waals surface area contributed by atoms with E-state index >= 15 is 0 Å². The molecule has 0 bridgehead atoms. The molecule has 7 nitrogen and oxygen atoms in total. The van der Waals surface area contributed by atoms with Crippen molar-refractivity contribution in [3.05, 3.63) is 29.8 Å². The maximum absolute atomic E-state index is 11.0. The maximum atomic E-state index is 11.0. The van der Waals surface area contributed by atoms with Crippen molar-refractivity contribution in [2.75, 3.05) is 18.0 Å². The van der Waals surface area contributed by atoms with Crippen molar-refractivity contribution in [2.45, 2.75) is 19.3 Å². The van der Waals surface area contributed by atoms with Crippen LogP contribution in [0.5, 0.6) is 0 Å². The van der Waals surface area contributed by atoms with E-state index < -0.39 is 17.8 Å². The van der Waals surface area contributed by atoms with Crippen LogP contribution in [0.3, 0.4) is 0 Å². The summed E-state index contributed by atoms with van der Waals surface area (Å²) in [6.45, 7) is 0.695. The van der Waals surface area contributed by atoms with Crippen molar-refractivity contribution in [1.82, 2.24) is 0 Å². The second kappa shape index (κ2) is 7.88. The number of benzene rings is 1. The van der Waals surface area contributed by atoms with Crippen LogP contribution in [0.1, 0.15) is 29.6 Å². The molecule has 0 fully saturated rings. The third-order valence-corrected chi connectivity index (χ3v) is 2.93. The fourth-order valence-corrected chi connectivity index (χ4v) is 1.86. The molecule has 0 spiro atoms. The van der Waals surface area contributed by atoms with E-state index in [1.807, 2.05) is 0 Å². The molecule has 0 aliphatic rings. The minimum absolute atomic E-state index is 0.0168. The molecule has 1 amide bonds. The van der Waals surface area contributed by atoms with Crippen LogP contribution in [0, 0.1) is 0 Å². The van der Waals surface area contributed by atoms with E-state index in [1.54, 1.807) is 29.2 Å². The van der Waals surface area contributed by atoms with Gasteiger partial charge in [0.25, 0.3) is 0 Å². The van der Waals surface area contributed by atoms with Crippen LogP contribution >= 0.6 is 0 Å². The molecule has 1 aromatic carbocycles. The summed E-state index contributed by atoms with van der Waals surface area (Å²) in [5.74, 6) is -2.35. The van der Waals surface area contributed by atoms with Gasteiger partial charge in [0.1, 0.15) is 0 Å². The van der Waals surface area contributed by atoms with Gasteiger partial charge in [-0.15, -0.1) is 0 Å². The van der Waals surface area contributed by atoms with Crippen molar-refractivity contribution in [2.24, 2.45) is 5.73 Å². The topological polar surface area (TPSA) is 121 Å². The Morgan fingerprint density at radius 2 is 1.52 bits per heavy atom. The number of carbonyl (C=O) groups excluding carboxylic acids is 1. The molecule has 4 N–H and O–H groups in total. The zero-order chi connectivity index (χ0) is 15.8. The number of nitrogens with zero attached hydrogens (tertiary/aromatic N) is 1. The monoisotopic (exact) mass is 294 g/mol. The molecule has 0 unspecified atom stereocenters. The summed E-state index contributed by atoms with van der Waals surface area (Å²) >= 11 is 0. The Morgan fingerprint density at radius 1 is 0.952 bits per heavy atom. The molecule has 7 heteroatoms. The standard InChI is InChI=1S/C14H18N2O5/c15-14(21)10-3-5-11(6-4-10)16(9-7-13(19)20)8-1-2-12(17)18/h3-6H,1-2,7-9H2,(H2,15,21)(H,17,18)(H,19,20). The van der Waals surface area contributed by atoms with Gasteiger partial charge in [-0.2, -0.15) is 0 Å². The fourth-order valence-electron chi connectivity index (χ4n) is 1.86. The minimum Gasteiger partial charge on any atom is -0.481 e. The third kappa shape index (κ3) is 5.94. The number of nitrogens with two attached hydrogens (primary N) is 1. The SMILES string of the molecule is NC(=O)c1ccc(N(CCCC(=O)O)CCC(=O)O)cc1. The zero-order valence-electron chi connectivity index (χ0n) is 11.5. The Balaban J connectivity index is 2.75. The summed E-state index contributed by atoms with van der Waals surface area (Å²) in [5.41, 5.74) is 6.25. The summed E-state index contributed by atoms with van der Waals surface area (Å²) in [7, 11) is 0. The van der Waals surface area contributed by atoms with E-state index in [0.717, 1.165) is 5.69 Å². The lowest BCUT2D eigenvalue weighted by atomic mass is 10.1. The first-order valence-corrected chi connectivity index (χ1v) is 6.48. The number of hydrogen-bond donors (Lipinski definition) is 3. The number of amides is 1. The highest BCUT2D eigenvalue weighted by molar-refractivity contribution is 5.93. The molecule has 0 saturated carbocycles. The highest BCUT2D eigenvalue weighted by atomic mass is 16.4. The lowest BCUT2D eigenvalue weighted by molar-refractivity contribution is -0.138. The number of aliphatic carboxylic acids is 2. The lowest BCUT2D eigenvalue weighted by Gasteiger charge is -2.24. The maximum Gasteiger partial charge on any atom is 0.305 e. The van der Waals surface area contributed by atoms with Crippen LogP contribution < -0.4 is 10.6 Å². The summed E-state index contributed by atoms with van der Waals surface area (Å²) in [4.78, 5) is 34.0. The van der Waals surface area contributed by atoms with Crippen LogP contribution in [0.2, 0.25) is 0 Å². The molecule has 0 atom stereocenters. The van der Waals surface area contributed by atoms with E-state index in [1.165, 1.54) is 0 Å². The number of hydrogen-bond acceptors (Lipinski definition) is 4. The predicted octanol–water partition coefficient (Wildman–Crippen LogP) is 0.931. The number of rotatable bonds is 9. The molecule has 0 heterocycles. The van der Waals surface area contributed by atoms with Gasteiger partial charge in [0, 0.05) is 30.8 Å². The Bertz CT molecular complexity index is 513. The largest absolute Gasteiger partial charge is 0.481 e. The average molecular weight is 294 g/mol. The average Bonchev–Trinajstić information content (AvgIpc) is 2.42. The summed E-state index contributed by atoms with van der Waals surface area (Å²) in [6, 6.07) is 6.46. The predicted molar refractivity (Wildman–Crippen MR) is 76.3 cm³/mol. The summed E-state index contributed by atoms with van der Waals surface area (Å²) in [6.07, 6.45) is 0.375. The first-order chi connectivity index (χ1) is 9.90. The fraction of sp³-hybridized carbons (Fsp3) is 0.357. The van der Waals surface area contributed by atoms with E-state index in [-0.39, 0.29) is 19.4 Å². The number of carboxylic acids is 2. The van der Waals surface area contributed by atoms with Gasteiger partial charge in [0.05, 0.1) is 6.42 Å². The molecule has 0 aromatic heterocycles. The van der Waals surface area contributed by atoms with E-state index in [0.29, 0.717) is 18.5 Å². The molecule has 0 radical (unpaired) electrons. The second-order valence-electron chi connectivity index (χ2n) is 4.54. The molecular formula is C14H18N2O5. The minimum atomic E-state index is -0.924. The van der Waals surface area contributed by atoms with Crippen molar-refractivity contribution < 1.29 is 24.6 Å². The lowest BCUT2D eigenvalue weighted by Crippen LogP contribution is -2.27. The molecule has 0 saturated heterocycles. The van der Waals surface area contributed by atoms with Gasteiger partial charge in [0.15, 0.2) is 0 Å². The van der Waals surface area contributed by atoms with Crippen molar-refractivity contribution in [3.63, 3.8) is 0 Å². The highest BCUT2D eigenvalue weighted by Gasteiger charge is 2.10. The van der Waals surface area contributed by atoms with Crippen molar-refractivity contribution >= 4 is 23.5 Å². The summed E-state index contributed by atoms with van der Waals surface area (Å²) < 4.78 is 0. The molecule has 1 aromatic rings. The van der Waals surface area contributed by atoms with Gasteiger partial charge >= 0.3 is 11.9 Å². The van der Waals surface area contributed by atoms with E-state index in [4.69, 9.17) is 15.9 Å². The zero-order valence-corrected chi connectivity index (χ0v) is 11.5. The van der Waals surface area contributed by atoms with Crippen LogP contribution in [0.4, 0.5) is 5.69 Å². The Kier molecular flexibility index (Phi) is 6.19. The van der Waals surface area contributed by atoms with E-state index in [2.05, 4.69) is 0 Å². The van der Waals surface area contributed by atoms with Gasteiger partial charge in [-0.25, -0.2) is 0 Å². The number of carbonyl (C=O) groups is 3. The third-order valence-electron chi connectivity index (χ3n) is 2.93. The molecular weight excluding hydrogens is 276 g/mol. The smallest absolute Gasteiger partial charge is 0.305 e. The number of primary amides is 1. The van der Waals surface area contributed by atoms with Crippen LogP contribution in [-0.2, 0) is 9.59 Å². The first kappa shape index (κ1) is 16.5. The van der Waals surface area contributed by atoms with Crippen LogP contribution in [-0.4, -0.2) is 41.1 Å². The van der Waals surface area contributed by atoms with Gasteiger partial charge in [0.2, 0.25) is 5.91 Å². The second-order valence-corrected chi connectivity index (χ2v) is 4.54. The summed E-state index contributed by atoms with van der Waals surface area (Å²) in [5, 5.41) is 17.4. The first-order valence-electron chi connectivity index (χ1n) is 6.48. The molecule has 114 valence electrons.